The standard InChI is InChI=1S/C18H15F2N3O2/c19-10-4-5-14(21-9-10)18(6-7-18)23-15(24)8-12-11-2-1-3-13(20)16(11)22-17(12)25/h1-5,9,12H,6-8H2,(H,22,25)(H,23,24). The van der Waals surface area contributed by atoms with Crippen molar-refractivity contribution in [3.63, 3.8) is 0 Å². The van der Waals surface area contributed by atoms with Crippen molar-refractivity contribution in [3.05, 3.63) is 59.4 Å². The van der Waals surface area contributed by atoms with Crippen molar-refractivity contribution in [2.45, 2.75) is 30.7 Å². The van der Waals surface area contributed by atoms with Gasteiger partial charge in [0.25, 0.3) is 0 Å². The number of hydrogen-bond acceptors (Lipinski definition) is 3. The summed E-state index contributed by atoms with van der Waals surface area (Å²) in [5.41, 5.74) is 0.645. The Morgan fingerprint density at radius 1 is 1.28 bits per heavy atom. The first kappa shape index (κ1) is 15.7. The molecule has 1 aromatic heterocycles. The van der Waals surface area contributed by atoms with Crippen LogP contribution in [0.25, 0.3) is 0 Å². The number of carbonyl (C=O) groups excluding carboxylic acids is 2. The molecule has 1 unspecified atom stereocenters. The van der Waals surface area contributed by atoms with Crippen molar-refractivity contribution in [1.82, 2.24) is 10.3 Å². The Morgan fingerprint density at radius 2 is 2.08 bits per heavy atom. The minimum Gasteiger partial charge on any atom is -0.345 e. The van der Waals surface area contributed by atoms with Crippen LogP contribution in [0.5, 0.6) is 0 Å². The van der Waals surface area contributed by atoms with Crippen LogP contribution in [0, 0.1) is 11.6 Å². The monoisotopic (exact) mass is 343 g/mol. The van der Waals surface area contributed by atoms with E-state index >= 15 is 0 Å². The maximum atomic E-state index is 13.8. The zero-order chi connectivity index (χ0) is 17.6. The molecule has 1 saturated carbocycles. The minimum absolute atomic E-state index is 0.0781. The third-order valence-corrected chi connectivity index (χ3v) is 4.72. The predicted octanol–water partition coefficient (Wildman–Crippen LogP) is 2.59. The van der Waals surface area contributed by atoms with Crippen LogP contribution in [-0.4, -0.2) is 16.8 Å². The molecule has 2 heterocycles. The van der Waals surface area contributed by atoms with Crippen molar-refractivity contribution in [2.24, 2.45) is 0 Å². The first-order chi connectivity index (χ1) is 12.0. The highest BCUT2D eigenvalue weighted by Crippen LogP contribution is 2.45. The van der Waals surface area contributed by atoms with Crippen LogP contribution in [0.4, 0.5) is 14.5 Å². The number of amides is 2. The van der Waals surface area contributed by atoms with E-state index in [1.165, 1.54) is 18.2 Å². The summed E-state index contributed by atoms with van der Waals surface area (Å²) in [5.74, 6) is -2.38. The fraction of sp³-hybridized carbons (Fsp3) is 0.278. The smallest absolute Gasteiger partial charge is 0.232 e. The summed E-state index contributed by atoms with van der Waals surface area (Å²) in [5, 5.41) is 5.39. The molecule has 25 heavy (non-hydrogen) atoms. The van der Waals surface area contributed by atoms with Crippen molar-refractivity contribution >= 4 is 17.5 Å². The average Bonchev–Trinajstić information content (AvgIpc) is 3.28. The molecule has 0 saturated heterocycles. The highest BCUT2D eigenvalue weighted by atomic mass is 19.1. The van der Waals surface area contributed by atoms with E-state index in [4.69, 9.17) is 0 Å². The molecule has 0 radical (unpaired) electrons. The molecule has 2 aromatic rings. The van der Waals surface area contributed by atoms with Gasteiger partial charge in [0.1, 0.15) is 11.6 Å². The molecule has 1 aliphatic heterocycles. The summed E-state index contributed by atoms with van der Waals surface area (Å²) in [6, 6.07) is 7.28. The highest BCUT2D eigenvalue weighted by Gasteiger charge is 2.47. The van der Waals surface area contributed by atoms with Crippen molar-refractivity contribution in [1.29, 1.82) is 0 Å². The Hall–Kier alpha value is -2.83. The molecule has 2 aliphatic rings. The number of nitrogens with one attached hydrogen (secondary N) is 2. The maximum absolute atomic E-state index is 13.8. The molecule has 2 amide bonds. The summed E-state index contributed by atoms with van der Waals surface area (Å²) in [6.45, 7) is 0. The van der Waals surface area contributed by atoms with E-state index in [-0.39, 0.29) is 23.9 Å². The second kappa shape index (κ2) is 5.61. The van der Waals surface area contributed by atoms with E-state index in [1.807, 2.05) is 0 Å². The quantitative estimate of drug-likeness (QED) is 0.896. The molecule has 1 aromatic carbocycles. The van der Waals surface area contributed by atoms with Crippen LogP contribution in [-0.2, 0) is 15.1 Å². The number of anilines is 1. The number of halogens is 2. The Balaban J connectivity index is 1.49. The number of benzene rings is 1. The second-order valence-corrected chi connectivity index (χ2v) is 6.44. The second-order valence-electron chi connectivity index (χ2n) is 6.44. The first-order valence-electron chi connectivity index (χ1n) is 8.01. The average molecular weight is 343 g/mol. The molecule has 1 aliphatic carbocycles. The van der Waals surface area contributed by atoms with Gasteiger partial charge in [-0.15, -0.1) is 0 Å². The zero-order valence-electron chi connectivity index (χ0n) is 13.2. The Morgan fingerprint density at radius 3 is 2.76 bits per heavy atom. The van der Waals surface area contributed by atoms with Crippen LogP contribution < -0.4 is 10.6 Å². The van der Waals surface area contributed by atoms with Gasteiger partial charge in [0.05, 0.1) is 29.0 Å². The molecule has 0 spiro atoms. The summed E-state index contributed by atoms with van der Waals surface area (Å²) >= 11 is 0. The van der Waals surface area contributed by atoms with E-state index in [1.54, 1.807) is 12.1 Å². The lowest BCUT2D eigenvalue weighted by Gasteiger charge is -2.18. The van der Waals surface area contributed by atoms with Gasteiger partial charge in [0.15, 0.2) is 0 Å². The van der Waals surface area contributed by atoms with E-state index in [2.05, 4.69) is 15.6 Å². The van der Waals surface area contributed by atoms with Gasteiger partial charge in [-0.05, 0) is 36.6 Å². The normalized spacial score (nSPS) is 19.9. The Kier molecular flexibility index (Phi) is 3.52. The molecule has 2 N–H and O–H groups in total. The number of rotatable bonds is 4. The molecular weight excluding hydrogens is 328 g/mol. The van der Waals surface area contributed by atoms with Crippen LogP contribution >= 0.6 is 0 Å². The van der Waals surface area contributed by atoms with Crippen molar-refractivity contribution < 1.29 is 18.4 Å². The number of hydrogen-bond donors (Lipinski definition) is 2. The molecular formula is C18H15F2N3O2. The highest BCUT2D eigenvalue weighted by molar-refractivity contribution is 6.05. The SMILES string of the molecule is O=C(CC1C(=O)Nc2c(F)cccc21)NC1(c2ccc(F)cn2)CC1. The Bertz CT molecular complexity index is 863. The number of aromatic nitrogens is 1. The molecule has 1 atom stereocenters. The molecule has 7 heteroatoms. The predicted molar refractivity (Wildman–Crippen MR) is 85.6 cm³/mol. The van der Waals surface area contributed by atoms with Gasteiger partial charge < -0.3 is 10.6 Å². The largest absolute Gasteiger partial charge is 0.345 e. The number of pyridine rings is 1. The van der Waals surface area contributed by atoms with E-state index in [0.29, 0.717) is 24.1 Å². The fourth-order valence-corrected chi connectivity index (χ4v) is 3.25. The summed E-state index contributed by atoms with van der Waals surface area (Å²) in [4.78, 5) is 28.6. The molecule has 1 fully saturated rings. The molecule has 4 rings (SSSR count). The third kappa shape index (κ3) is 2.75. The lowest BCUT2D eigenvalue weighted by molar-refractivity contribution is -0.125. The van der Waals surface area contributed by atoms with Crippen molar-refractivity contribution in [2.75, 3.05) is 5.32 Å². The third-order valence-electron chi connectivity index (χ3n) is 4.72. The fourth-order valence-electron chi connectivity index (χ4n) is 3.25. The summed E-state index contributed by atoms with van der Waals surface area (Å²) in [7, 11) is 0. The molecule has 128 valence electrons. The van der Waals surface area contributed by atoms with Gasteiger partial charge in [0, 0.05) is 6.42 Å². The lowest BCUT2D eigenvalue weighted by Crippen LogP contribution is -2.36. The zero-order valence-corrected chi connectivity index (χ0v) is 13.2. The van der Waals surface area contributed by atoms with Gasteiger partial charge in [0.2, 0.25) is 11.8 Å². The van der Waals surface area contributed by atoms with E-state index in [9.17, 15) is 18.4 Å². The number of carbonyl (C=O) groups is 2. The molecule has 5 nitrogen and oxygen atoms in total. The minimum atomic E-state index is -0.720. The summed E-state index contributed by atoms with van der Waals surface area (Å²) < 4.78 is 26.8. The van der Waals surface area contributed by atoms with Gasteiger partial charge in [-0.1, -0.05) is 12.1 Å². The number of fused-ring (bicyclic) bond motifs is 1. The first-order valence-corrected chi connectivity index (χ1v) is 8.01. The van der Waals surface area contributed by atoms with E-state index < -0.39 is 23.1 Å². The number of para-hydroxylation sites is 1. The van der Waals surface area contributed by atoms with Gasteiger partial charge in [-0.25, -0.2) is 8.78 Å². The van der Waals surface area contributed by atoms with Crippen LogP contribution in [0.15, 0.2) is 36.5 Å². The van der Waals surface area contributed by atoms with Crippen LogP contribution in [0.3, 0.4) is 0 Å². The van der Waals surface area contributed by atoms with Crippen LogP contribution in [0.1, 0.15) is 36.4 Å². The Labute approximate surface area is 142 Å². The topological polar surface area (TPSA) is 71.1 Å². The molecule has 0 bridgehead atoms. The van der Waals surface area contributed by atoms with Gasteiger partial charge in [-0.3, -0.25) is 14.6 Å². The number of nitrogens with zero attached hydrogens (tertiary/aromatic N) is 1. The van der Waals surface area contributed by atoms with Crippen molar-refractivity contribution in [3.8, 4) is 0 Å². The van der Waals surface area contributed by atoms with Crippen LogP contribution in [0.2, 0.25) is 0 Å². The maximum Gasteiger partial charge on any atom is 0.232 e. The summed E-state index contributed by atoms with van der Waals surface area (Å²) in [6.07, 6.45) is 2.45. The lowest BCUT2D eigenvalue weighted by atomic mass is 9.96. The van der Waals surface area contributed by atoms with Gasteiger partial charge >= 0.3 is 0 Å². The van der Waals surface area contributed by atoms with E-state index in [0.717, 1.165) is 6.20 Å². The van der Waals surface area contributed by atoms with Gasteiger partial charge in [-0.2, -0.15) is 0 Å².